The zero-order valence-corrected chi connectivity index (χ0v) is 19.2. The Kier molecular flexibility index (Phi) is 4.74. The predicted molar refractivity (Wildman–Crippen MR) is 138 cm³/mol. The van der Waals surface area contributed by atoms with Gasteiger partial charge in [0.25, 0.3) is 0 Å². The van der Waals surface area contributed by atoms with Crippen LogP contribution < -0.4 is 5.32 Å². The Hall–Kier alpha value is -4.63. The van der Waals surface area contributed by atoms with Gasteiger partial charge in [0.2, 0.25) is 0 Å². The van der Waals surface area contributed by atoms with Crippen molar-refractivity contribution in [1.82, 2.24) is 35.1 Å². The number of hydrogen-bond donors (Lipinski definition) is 4. The molecule has 9 nitrogen and oxygen atoms in total. The van der Waals surface area contributed by atoms with E-state index < -0.39 is 6.23 Å². The van der Waals surface area contributed by atoms with E-state index in [1.165, 1.54) is 0 Å². The van der Waals surface area contributed by atoms with Gasteiger partial charge in [0.15, 0.2) is 11.5 Å². The molecule has 1 aliphatic carbocycles. The van der Waals surface area contributed by atoms with Gasteiger partial charge in [-0.2, -0.15) is 5.10 Å². The van der Waals surface area contributed by atoms with Crippen LogP contribution in [0.5, 0.6) is 0 Å². The largest absolute Gasteiger partial charge is 0.374 e. The lowest BCUT2D eigenvalue weighted by Crippen LogP contribution is -2.20. The molecule has 1 saturated carbocycles. The van der Waals surface area contributed by atoms with Crippen LogP contribution in [-0.4, -0.2) is 46.5 Å². The van der Waals surface area contributed by atoms with Gasteiger partial charge in [-0.05, 0) is 54.8 Å². The number of aliphatic hydroxyl groups is 1. The molecule has 176 valence electrons. The molecule has 1 unspecified atom stereocenters. The number of aliphatic hydroxyl groups excluding tert-OH is 1. The highest BCUT2D eigenvalue weighted by atomic mass is 16.3. The molecule has 4 N–H and O–H groups in total. The average Bonchev–Trinajstić information content (AvgIpc) is 3.55. The Labute approximate surface area is 205 Å². The molecule has 9 heteroatoms. The van der Waals surface area contributed by atoms with Crippen molar-refractivity contribution in [2.45, 2.75) is 19.1 Å². The van der Waals surface area contributed by atoms with Crippen LogP contribution in [0.1, 0.15) is 12.8 Å². The molecule has 6 aromatic rings. The Morgan fingerprint density at radius 1 is 0.972 bits per heavy atom. The number of benzene rings is 1. The summed E-state index contributed by atoms with van der Waals surface area (Å²) in [5.74, 6) is 0.959. The number of aromatic amines is 2. The molecule has 1 fully saturated rings. The van der Waals surface area contributed by atoms with E-state index in [-0.39, 0.29) is 0 Å². The zero-order valence-electron chi connectivity index (χ0n) is 19.2. The first-order valence-corrected chi connectivity index (χ1v) is 11.9. The second-order valence-corrected chi connectivity index (χ2v) is 9.08. The highest BCUT2D eigenvalue weighted by molar-refractivity contribution is 5.97. The molecule has 5 aromatic heterocycles. The summed E-state index contributed by atoms with van der Waals surface area (Å²) in [6, 6.07) is 15.9. The van der Waals surface area contributed by atoms with Crippen LogP contribution in [0.3, 0.4) is 0 Å². The van der Waals surface area contributed by atoms with Gasteiger partial charge < -0.3 is 15.4 Å². The number of rotatable bonds is 6. The van der Waals surface area contributed by atoms with E-state index in [1.54, 1.807) is 18.6 Å². The van der Waals surface area contributed by atoms with E-state index in [0.717, 1.165) is 57.3 Å². The molecule has 36 heavy (non-hydrogen) atoms. The standard InChI is InChI=1S/C27H22N8O/c36-27(15-4-5-15)31-18-11-17(13-28-14-18)16-6-7-22-20(12-16)24(35-34-22)26-32-23-19(8-10-30-25(23)33-26)21-3-1-2-9-29-21/h1-3,6-15,27,31,36H,4-5H2,(H,34,35)(H,30,32,33). The minimum Gasteiger partial charge on any atom is -0.374 e. The monoisotopic (exact) mass is 474 g/mol. The van der Waals surface area contributed by atoms with Crippen LogP contribution in [0.15, 0.2) is 73.3 Å². The normalized spacial score (nSPS) is 14.4. The van der Waals surface area contributed by atoms with Crippen molar-refractivity contribution in [2.24, 2.45) is 5.92 Å². The van der Waals surface area contributed by atoms with Crippen LogP contribution in [-0.2, 0) is 0 Å². The number of H-pyrrole nitrogens is 2. The number of anilines is 1. The molecule has 1 atom stereocenters. The van der Waals surface area contributed by atoms with Crippen LogP contribution in [0.25, 0.3) is 56.0 Å². The minimum atomic E-state index is -0.539. The molecular formula is C27H22N8O. The van der Waals surface area contributed by atoms with Crippen molar-refractivity contribution >= 4 is 27.8 Å². The molecule has 5 heterocycles. The molecule has 0 bridgehead atoms. The van der Waals surface area contributed by atoms with Gasteiger partial charge in [-0.25, -0.2) is 9.97 Å². The highest BCUT2D eigenvalue weighted by Crippen LogP contribution is 2.34. The molecule has 1 aliphatic rings. The zero-order chi connectivity index (χ0) is 24.1. The lowest BCUT2D eigenvalue weighted by Gasteiger charge is -2.13. The first-order valence-electron chi connectivity index (χ1n) is 11.9. The number of aromatic nitrogens is 7. The Bertz CT molecular complexity index is 1700. The van der Waals surface area contributed by atoms with E-state index in [2.05, 4.69) is 41.5 Å². The number of hydrogen-bond acceptors (Lipinski definition) is 7. The van der Waals surface area contributed by atoms with Crippen molar-refractivity contribution < 1.29 is 5.11 Å². The van der Waals surface area contributed by atoms with Gasteiger partial charge in [-0.15, -0.1) is 0 Å². The van der Waals surface area contributed by atoms with Crippen molar-refractivity contribution in [3.05, 3.63) is 73.3 Å². The Balaban J connectivity index is 1.28. The summed E-state index contributed by atoms with van der Waals surface area (Å²) in [6.45, 7) is 0. The molecular weight excluding hydrogens is 452 g/mol. The summed E-state index contributed by atoms with van der Waals surface area (Å²) in [5, 5.41) is 22.0. The summed E-state index contributed by atoms with van der Waals surface area (Å²) >= 11 is 0. The van der Waals surface area contributed by atoms with Gasteiger partial charge in [0.1, 0.15) is 11.9 Å². The van der Waals surface area contributed by atoms with Gasteiger partial charge >= 0.3 is 0 Å². The summed E-state index contributed by atoms with van der Waals surface area (Å²) in [5.41, 5.74) is 7.55. The fraction of sp³-hybridized carbons (Fsp3) is 0.148. The van der Waals surface area contributed by atoms with E-state index in [4.69, 9.17) is 4.98 Å². The number of imidazole rings is 1. The van der Waals surface area contributed by atoms with E-state index in [0.29, 0.717) is 23.1 Å². The maximum atomic E-state index is 10.3. The van der Waals surface area contributed by atoms with E-state index >= 15 is 0 Å². The molecule has 7 rings (SSSR count). The maximum absolute atomic E-state index is 10.3. The topological polar surface area (TPSA) is 128 Å². The Morgan fingerprint density at radius 3 is 2.78 bits per heavy atom. The van der Waals surface area contributed by atoms with Crippen LogP contribution >= 0.6 is 0 Å². The summed E-state index contributed by atoms with van der Waals surface area (Å²) in [7, 11) is 0. The van der Waals surface area contributed by atoms with Crippen LogP contribution in [0.4, 0.5) is 5.69 Å². The van der Waals surface area contributed by atoms with Gasteiger partial charge in [-0.1, -0.05) is 12.1 Å². The maximum Gasteiger partial charge on any atom is 0.178 e. The third-order valence-corrected chi connectivity index (χ3v) is 6.57. The average molecular weight is 475 g/mol. The fourth-order valence-electron chi connectivity index (χ4n) is 4.51. The Morgan fingerprint density at radius 2 is 1.92 bits per heavy atom. The molecule has 0 saturated heterocycles. The number of pyridine rings is 3. The highest BCUT2D eigenvalue weighted by Gasteiger charge is 2.29. The lowest BCUT2D eigenvalue weighted by atomic mass is 10.0. The van der Waals surface area contributed by atoms with E-state index in [1.807, 2.05) is 48.7 Å². The molecule has 0 spiro atoms. The van der Waals surface area contributed by atoms with Crippen molar-refractivity contribution in [3.63, 3.8) is 0 Å². The van der Waals surface area contributed by atoms with Crippen molar-refractivity contribution in [3.8, 4) is 33.9 Å². The number of nitrogens with zero attached hydrogens (tertiary/aromatic N) is 5. The van der Waals surface area contributed by atoms with Crippen LogP contribution in [0, 0.1) is 5.92 Å². The van der Waals surface area contributed by atoms with Crippen molar-refractivity contribution in [2.75, 3.05) is 5.32 Å². The van der Waals surface area contributed by atoms with E-state index in [9.17, 15) is 5.11 Å². The van der Waals surface area contributed by atoms with Crippen molar-refractivity contribution in [1.29, 1.82) is 0 Å². The fourth-order valence-corrected chi connectivity index (χ4v) is 4.51. The van der Waals surface area contributed by atoms with Gasteiger partial charge in [-0.3, -0.25) is 15.1 Å². The SMILES string of the molecule is OC(Nc1cncc(-c2ccc3[nH]nc(-c4nc5nccc(-c6ccccn6)c5[nH]4)c3c2)c1)C1CC1. The quantitative estimate of drug-likeness (QED) is 0.256. The lowest BCUT2D eigenvalue weighted by molar-refractivity contribution is 0.180. The predicted octanol–water partition coefficient (Wildman–Crippen LogP) is 4.77. The number of fused-ring (bicyclic) bond motifs is 2. The minimum absolute atomic E-state index is 0.329. The second-order valence-electron chi connectivity index (χ2n) is 9.08. The third kappa shape index (κ3) is 3.66. The molecule has 0 radical (unpaired) electrons. The summed E-state index contributed by atoms with van der Waals surface area (Å²) in [4.78, 5) is 21.5. The molecule has 1 aromatic carbocycles. The van der Waals surface area contributed by atoms with Gasteiger partial charge in [0.05, 0.1) is 28.6 Å². The first kappa shape index (κ1) is 20.7. The summed E-state index contributed by atoms with van der Waals surface area (Å²) in [6.07, 6.45) is 8.64. The smallest absolute Gasteiger partial charge is 0.178 e. The van der Waals surface area contributed by atoms with Gasteiger partial charge in [0, 0.05) is 41.0 Å². The second kappa shape index (κ2) is 8.24. The molecule has 0 amide bonds. The third-order valence-electron chi connectivity index (χ3n) is 6.57. The summed E-state index contributed by atoms with van der Waals surface area (Å²) < 4.78 is 0. The van der Waals surface area contributed by atoms with Crippen LogP contribution in [0.2, 0.25) is 0 Å². The molecule has 0 aliphatic heterocycles. The number of nitrogens with one attached hydrogen (secondary N) is 3. The first-order chi connectivity index (χ1) is 17.7.